The molecule has 0 aliphatic carbocycles. The quantitative estimate of drug-likeness (QED) is 0.887. The van der Waals surface area contributed by atoms with Crippen molar-refractivity contribution in [3.63, 3.8) is 0 Å². The van der Waals surface area contributed by atoms with Gasteiger partial charge < -0.3 is 10.1 Å². The molecule has 0 amide bonds. The highest BCUT2D eigenvalue weighted by Gasteiger charge is 2.20. The van der Waals surface area contributed by atoms with Gasteiger partial charge in [-0.2, -0.15) is 0 Å². The smallest absolute Gasteiger partial charge is 0.127 e. The molecule has 1 aromatic carbocycles. The van der Waals surface area contributed by atoms with E-state index >= 15 is 0 Å². The van der Waals surface area contributed by atoms with Crippen LogP contribution in [0.2, 0.25) is 0 Å². The van der Waals surface area contributed by atoms with Gasteiger partial charge in [-0.05, 0) is 43.4 Å². The van der Waals surface area contributed by atoms with Crippen LogP contribution in [0.5, 0.6) is 5.75 Å². The largest absolute Gasteiger partial charge is 0.496 e. The van der Waals surface area contributed by atoms with Crippen molar-refractivity contribution in [2.24, 2.45) is 0 Å². The molecule has 100 valence electrons. The first-order chi connectivity index (χ1) is 8.61. The van der Waals surface area contributed by atoms with E-state index < -0.39 is 0 Å². The zero-order valence-corrected chi connectivity index (χ0v) is 11.4. The highest BCUT2D eigenvalue weighted by Crippen LogP contribution is 2.32. The molecule has 0 aromatic heterocycles. The van der Waals surface area contributed by atoms with Crippen LogP contribution in [0.25, 0.3) is 0 Å². The van der Waals surface area contributed by atoms with Gasteiger partial charge in [-0.1, -0.05) is 13.8 Å². The number of nitrogens with one attached hydrogen (secondary N) is 1. The van der Waals surface area contributed by atoms with Crippen molar-refractivity contribution < 1.29 is 9.13 Å². The molecular weight excluding hydrogens is 229 g/mol. The summed E-state index contributed by atoms with van der Waals surface area (Å²) in [5, 5.41) is 3.46. The lowest BCUT2D eigenvalue weighted by atomic mass is 9.91. The van der Waals surface area contributed by atoms with Gasteiger partial charge in [0.25, 0.3) is 0 Å². The third-order valence-corrected chi connectivity index (χ3v) is 3.62. The Morgan fingerprint density at radius 3 is 2.78 bits per heavy atom. The molecule has 18 heavy (non-hydrogen) atoms. The van der Waals surface area contributed by atoms with Gasteiger partial charge in [-0.15, -0.1) is 0 Å². The van der Waals surface area contributed by atoms with E-state index in [4.69, 9.17) is 4.74 Å². The molecule has 1 saturated heterocycles. The molecule has 2 rings (SSSR count). The van der Waals surface area contributed by atoms with Crippen molar-refractivity contribution in [1.29, 1.82) is 0 Å². The molecule has 0 radical (unpaired) electrons. The van der Waals surface area contributed by atoms with Gasteiger partial charge in [0, 0.05) is 17.7 Å². The van der Waals surface area contributed by atoms with Gasteiger partial charge in [-0.3, -0.25) is 0 Å². The zero-order chi connectivity index (χ0) is 13.1. The molecule has 1 aliphatic rings. The highest BCUT2D eigenvalue weighted by atomic mass is 19.1. The predicted molar refractivity (Wildman–Crippen MR) is 71.8 cm³/mol. The van der Waals surface area contributed by atoms with E-state index in [1.807, 2.05) is 0 Å². The summed E-state index contributed by atoms with van der Waals surface area (Å²) >= 11 is 0. The van der Waals surface area contributed by atoms with Crippen molar-refractivity contribution in [3.05, 3.63) is 29.1 Å². The SMILES string of the molecule is COc1cc(F)cc(CC2CCCN2)c1C(C)C. The van der Waals surface area contributed by atoms with E-state index in [2.05, 4.69) is 19.2 Å². The lowest BCUT2D eigenvalue weighted by molar-refractivity contribution is 0.402. The van der Waals surface area contributed by atoms with Crippen LogP contribution in [0.1, 0.15) is 43.7 Å². The fraction of sp³-hybridized carbons (Fsp3) is 0.600. The fourth-order valence-electron chi connectivity index (χ4n) is 2.84. The van der Waals surface area contributed by atoms with Crippen LogP contribution >= 0.6 is 0 Å². The second kappa shape index (κ2) is 5.70. The van der Waals surface area contributed by atoms with E-state index in [9.17, 15) is 4.39 Å². The van der Waals surface area contributed by atoms with Crippen LogP contribution in [-0.2, 0) is 6.42 Å². The summed E-state index contributed by atoms with van der Waals surface area (Å²) in [6.45, 7) is 5.33. The maximum Gasteiger partial charge on any atom is 0.127 e. The Balaban J connectivity index is 2.33. The molecule has 0 bridgehead atoms. The lowest BCUT2D eigenvalue weighted by Crippen LogP contribution is -2.24. The summed E-state index contributed by atoms with van der Waals surface area (Å²) in [7, 11) is 1.61. The van der Waals surface area contributed by atoms with E-state index in [1.54, 1.807) is 13.2 Å². The molecule has 1 fully saturated rings. The standard InChI is InChI=1S/C15H22FNO/c1-10(2)15-11(8-13-5-4-6-17-13)7-12(16)9-14(15)18-3/h7,9-10,13,17H,4-6,8H2,1-3H3. The summed E-state index contributed by atoms with van der Waals surface area (Å²) in [6, 6.07) is 3.63. The molecule has 0 spiro atoms. The van der Waals surface area contributed by atoms with Crippen LogP contribution in [-0.4, -0.2) is 19.7 Å². The second-order valence-corrected chi connectivity index (χ2v) is 5.33. The molecule has 1 N–H and O–H groups in total. The summed E-state index contributed by atoms with van der Waals surface area (Å²) in [4.78, 5) is 0. The monoisotopic (exact) mass is 251 g/mol. The number of methoxy groups -OCH3 is 1. The number of halogens is 1. The van der Waals surface area contributed by atoms with Gasteiger partial charge in [0.2, 0.25) is 0 Å². The summed E-state index contributed by atoms with van der Waals surface area (Å²) in [5.74, 6) is 0.819. The number of benzene rings is 1. The zero-order valence-electron chi connectivity index (χ0n) is 11.4. The molecule has 0 saturated carbocycles. The van der Waals surface area contributed by atoms with Crippen molar-refractivity contribution in [3.8, 4) is 5.75 Å². The average molecular weight is 251 g/mol. The average Bonchev–Trinajstić information content (AvgIpc) is 2.80. The Morgan fingerprint density at radius 1 is 1.44 bits per heavy atom. The van der Waals surface area contributed by atoms with Gasteiger partial charge in [0.1, 0.15) is 11.6 Å². The van der Waals surface area contributed by atoms with Gasteiger partial charge in [0.15, 0.2) is 0 Å². The molecule has 1 heterocycles. The Morgan fingerprint density at radius 2 is 2.22 bits per heavy atom. The molecule has 1 unspecified atom stereocenters. The molecule has 2 nitrogen and oxygen atoms in total. The first-order valence-corrected chi connectivity index (χ1v) is 6.71. The van der Waals surface area contributed by atoms with Crippen LogP contribution in [0.4, 0.5) is 4.39 Å². The molecule has 1 aliphatic heterocycles. The maximum atomic E-state index is 13.6. The Kier molecular flexibility index (Phi) is 4.23. The van der Waals surface area contributed by atoms with E-state index in [0.717, 1.165) is 24.1 Å². The minimum absolute atomic E-state index is 0.204. The number of hydrogen-bond donors (Lipinski definition) is 1. The topological polar surface area (TPSA) is 21.3 Å². The third-order valence-electron chi connectivity index (χ3n) is 3.62. The fourth-order valence-corrected chi connectivity index (χ4v) is 2.84. The normalized spacial score (nSPS) is 19.5. The molecule has 3 heteroatoms. The van der Waals surface area contributed by atoms with E-state index in [1.165, 1.54) is 18.9 Å². The molecule has 1 aromatic rings. The van der Waals surface area contributed by atoms with Gasteiger partial charge >= 0.3 is 0 Å². The number of rotatable bonds is 4. The Hall–Kier alpha value is -1.09. The molecule has 1 atom stereocenters. The Labute approximate surface area is 109 Å². The van der Waals surface area contributed by atoms with Crippen molar-refractivity contribution in [2.45, 2.75) is 45.1 Å². The van der Waals surface area contributed by atoms with Crippen LogP contribution in [0.3, 0.4) is 0 Å². The van der Waals surface area contributed by atoms with Crippen molar-refractivity contribution in [2.75, 3.05) is 13.7 Å². The van der Waals surface area contributed by atoms with E-state index in [0.29, 0.717) is 17.7 Å². The maximum absolute atomic E-state index is 13.6. The first kappa shape index (κ1) is 13.3. The van der Waals surface area contributed by atoms with Crippen molar-refractivity contribution >= 4 is 0 Å². The van der Waals surface area contributed by atoms with Gasteiger partial charge in [-0.25, -0.2) is 4.39 Å². The van der Waals surface area contributed by atoms with E-state index in [-0.39, 0.29) is 5.82 Å². The lowest BCUT2D eigenvalue weighted by Gasteiger charge is -2.19. The summed E-state index contributed by atoms with van der Waals surface area (Å²) in [5.41, 5.74) is 2.23. The number of ether oxygens (including phenoxy) is 1. The predicted octanol–water partition coefficient (Wildman–Crippen LogP) is 3.25. The van der Waals surface area contributed by atoms with Crippen LogP contribution in [0, 0.1) is 5.82 Å². The Bertz CT molecular complexity index is 411. The minimum Gasteiger partial charge on any atom is -0.496 e. The summed E-state index contributed by atoms with van der Waals surface area (Å²) < 4.78 is 19.0. The highest BCUT2D eigenvalue weighted by molar-refractivity contribution is 5.43. The van der Waals surface area contributed by atoms with Gasteiger partial charge in [0.05, 0.1) is 7.11 Å². The van der Waals surface area contributed by atoms with Crippen LogP contribution < -0.4 is 10.1 Å². The summed E-state index contributed by atoms with van der Waals surface area (Å²) in [6.07, 6.45) is 3.28. The number of hydrogen-bond acceptors (Lipinski definition) is 2. The minimum atomic E-state index is -0.204. The van der Waals surface area contributed by atoms with Crippen LogP contribution in [0.15, 0.2) is 12.1 Å². The molecular formula is C15H22FNO. The third kappa shape index (κ3) is 2.83. The first-order valence-electron chi connectivity index (χ1n) is 6.71. The van der Waals surface area contributed by atoms with Crippen molar-refractivity contribution in [1.82, 2.24) is 5.32 Å². The second-order valence-electron chi connectivity index (χ2n) is 5.33.